The molecule has 0 aliphatic heterocycles. The van der Waals surface area contributed by atoms with E-state index in [1.165, 1.54) is 19.1 Å². The molecule has 0 saturated carbocycles. The van der Waals surface area contributed by atoms with E-state index >= 15 is 0 Å². The quantitative estimate of drug-likeness (QED) is 0.690. The summed E-state index contributed by atoms with van der Waals surface area (Å²) < 4.78 is 26.6. The van der Waals surface area contributed by atoms with Crippen LogP contribution in [-0.2, 0) is 19.6 Å². The van der Waals surface area contributed by atoms with E-state index in [2.05, 4.69) is 4.72 Å². The molecule has 0 amide bonds. The lowest BCUT2D eigenvalue weighted by molar-refractivity contribution is -0.154. The highest BCUT2D eigenvalue weighted by atomic mass is 32.2. The second-order valence-corrected chi connectivity index (χ2v) is 7.27. The van der Waals surface area contributed by atoms with E-state index in [0.29, 0.717) is 0 Å². The van der Waals surface area contributed by atoms with E-state index < -0.39 is 40.3 Å². The molecule has 0 saturated heterocycles. The third kappa shape index (κ3) is 4.28. The van der Waals surface area contributed by atoms with E-state index in [9.17, 15) is 18.0 Å². The summed E-state index contributed by atoms with van der Waals surface area (Å²) in [4.78, 5) is 22.0. The zero-order chi connectivity index (χ0) is 17.1. The maximum absolute atomic E-state index is 12.2. The van der Waals surface area contributed by atoms with Gasteiger partial charge in [0.2, 0.25) is 10.0 Å². The number of aliphatic carboxylic acids is 2. The lowest BCUT2D eigenvalue weighted by Crippen LogP contribution is -2.42. The van der Waals surface area contributed by atoms with Crippen LogP contribution in [0.15, 0.2) is 23.1 Å². The third-order valence-electron chi connectivity index (χ3n) is 3.50. The van der Waals surface area contributed by atoms with Gasteiger partial charge in [-0.1, -0.05) is 6.07 Å². The summed E-state index contributed by atoms with van der Waals surface area (Å²) in [6.07, 6.45) is -0.683. The molecule has 0 aromatic heterocycles. The fraction of sp³-hybridized carbons (Fsp3) is 0.429. The van der Waals surface area contributed by atoms with E-state index in [-0.39, 0.29) is 4.90 Å². The van der Waals surface area contributed by atoms with E-state index in [4.69, 9.17) is 10.2 Å². The SMILES string of the molecule is Cc1ccc(S(=O)(=O)NCC(C)(CC(=O)O)C(=O)O)cc1C. The van der Waals surface area contributed by atoms with Crippen LogP contribution in [0.5, 0.6) is 0 Å². The van der Waals surface area contributed by atoms with Crippen molar-refractivity contribution in [2.45, 2.75) is 32.1 Å². The highest BCUT2D eigenvalue weighted by molar-refractivity contribution is 7.89. The van der Waals surface area contributed by atoms with Gasteiger partial charge in [-0.3, -0.25) is 9.59 Å². The highest BCUT2D eigenvalue weighted by Crippen LogP contribution is 2.22. The van der Waals surface area contributed by atoms with Crippen LogP contribution in [0.4, 0.5) is 0 Å². The minimum atomic E-state index is -3.91. The molecule has 1 aromatic rings. The van der Waals surface area contributed by atoms with Gasteiger partial charge in [0.25, 0.3) is 0 Å². The van der Waals surface area contributed by atoms with Crippen molar-refractivity contribution in [3.63, 3.8) is 0 Å². The Morgan fingerprint density at radius 3 is 2.23 bits per heavy atom. The Kier molecular flexibility index (Phi) is 5.31. The average molecular weight is 329 g/mol. The molecule has 0 aliphatic rings. The van der Waals surface area contributed by atoms with Crippen molar-refractivity contribution < 1.29 is 28.2 Å². The third-order valence-corrected chi connectivity index (χ3v) is 4.90. The van der Waals surface area contributed by atoms with Gasteiger partial charge >= 0.3 is 11.9 Å². The first-order chi connectivity index (χ1) is 9.98. The van der Waals surface area contributed by atoms with Gasteiger partial charge in [0, 0.05) is 6.54 Å². The smallest absolute Gasteiger partial charge is 0.311 e. The van der Waals surface area contributed by atoms with Crippen molar-refractivity contribution in [1.82, 2.24) is 4.72 Å². The summed E-state index contributed by atoms with van der Waals surface area (Å²) in [6, 6.07) is 4.55. The van der Waals surface area contributed by atoms with Crippen molar-refractivity contribution in [3.8, 4) is 0 Å². The lowest BCUT2D eigenvalue weighted by atomic mass is 9.87. The predicted octanol–water partition coefficient (Wildman–Crippen LogP) is 1.15. The summed E-state index contributed by atoms with van der Waals surface area (Å²) in [5.74, 6) is -2.69. The molecule has 122 valence electrons. The number of carbonyl (C=O) groups is 2. The minimum absolute atomic E-state index is 0.0127. The number of hydrogen-bond acceptors (Lipinski definition) is 4. The predicted molar refractivity (Wildman–Crippen MR) is 79.1 cm³/mol. The molecule has 1 aromatic carbocycles. The van der Waals surface area contributed by atoms with Gasteiger partial charge in [-0.05, 0) is 44.0 Å². The van der Waals surface area contributed by atoms with Gasteiger partial charge in [-0.15, -0.1) is 0 Å². The number of hydrogen-bond donors (Lipinski definition) is 3. The molecule has 0 radical (unpaired) electrons. The Balaban J connectivity index is 2.98. The number of carboxylic acids is 2. The van der Waals surface area contributed by atoms with Crippen LogP contribution in [0.25, 0.3) is 0 Å². The van der Waals surface area contributed by atoms with Crippen LogP contribution in [0.1, 0.15) is 24.5 Å². The van der Waals surface area contributed by atoms with E-state index in [1.807, 2.05) is 6.92 Å². The first-order valence-electron chi connectivity index (χ1n) is 6.50. The molecule has 0 heterocycles. The molecule has 1 unspecified atom stereocenters. The largest absolute Gasteiger partial charge is 0.481 e. The topological polar surface area (TPSA) is 121 Å². The second-order valence-electron chi connectivity index (χ2n) is 5.51. The summed E-state index contributed by atoms with van der Waals surface area (Å²) in [5.41, 5.74) is -0.00634. The molecule has 0 bridgehead atoms. The number of carboxylic acid groups (broad SMARTS) is 2. The molecular weight excluding hydrogens is 310 g/mol. The second kappa shape index (κ2) is 6.45. The maximum atomic E-state index is 12.2. The van der Waals surface area contributed by atoms with Crippen LogP contribution < -0.4 is 4.72 Å². The Labute approximate surface area is 129 Å². The first-order valence-corrected chi connectivity index (χ1v) is 7.98. The Morgan fingerprint density at radius 2 is 1.77 bits per heavy atom. The van der Waals surface area contributed by atoms with Gasteiger partial charge in [-0.2, -0.15) is 0 Å². The molecule has 22 heavy (non-hydrogen) atoms. The van der Waals surface area contributed by atoms with Crippen LogP contribution >= 0.6 is 0 Å². The zero-order valence-electron chi connectivity index (χ0n) is 12.6. The van der Waals surface area contributed by atoms with Crippen molar-refractivity contribution in [2.24, 2.45) is 5.41 Å². The van der Waals surface area contributed by atoms with E-state index in [1.54, 1.807) is 13.0 Å². The monoisotopic (exact) mass is 329 g/mol. The highest BCUT2D eigenvalue weighted by Gasteiger charge is 2.37. The summed E-state index contributed by atoms with van der Waals surface area (Å²) in [6.45, 7) is 4.28. The van der Waals surface area contributed by atoms with Crippen molar-refractivity contribution in [1.29, 1.82) is 0 Å². The van der Waals surface area contributed by atoms with Crippen LogP contribution in [0.3, 0.4) is 0 Å². The van der Waals surface area contributed by atoms with Crippen LogP contribution in [0.2, 0.25) is 0 Å². The molecular formula is C14H19NO6S. The van der Waals surface area contributed by atoms with Crippen molar-refractivity contribution >= 4 is 22.0 Å². The minimum Gasteiger partial charge on any atom is -0.481 e. The standard InChI is InChI=1S/C14H19NO6S/c1-9-4-5-11(6-10(9)2)22(20,21)15-8-14(3,13(18)19)7-12(16)17/h4-6,15H,7-8H2,1-3H3,(H,16,17)(H,18,19). The maximum Gasteiger partial charge on any atom is 0.311 e. The Hall–Kier alpha value is -1.93. The number of benzene rings is 1. The zero-order valence-corrected chi connectivity index (χ0v) is 13.4. The summed E-state index contributed by atoms with van der Waals surface area (Å²) >= 11 is 0. The molecule has 0 aliphatic carbocycles. The number of sulfonamides is 1. The normalized spacial score (nSPS) is 14.3. The van der Waals surface area contributed by atoms with Gasteiger partial charge < -0.3 is 10.2 Å². The molecule has 3 N–H and O–H groups in total. The van der Waals surface area contributed by atoms with Gasteiger partial charge in [-0.25, -0.2) is 13.1 Å². The summed E-state index contributed by atoms with van der Waals surface area (Å²) in [5, 5.41) is 17.9. The van der Waals surface area contributed by atoms with Gasteiger partial charge in [0.1, 0.15) is 0 Å². The molecule has 1 atom stereocenters. The molecule has 8 heteroatoms. The van der Waals surface area contributed by atoms with Crippen molar-refractivity contribution in [3.05, 3.63) is 29.3 Å². The van der Waals surface area contributed by atoms with Crippen LogP contribution in [0, 0.1) is 19.3 Å². The fourth-order valence-electron chi connectivity index (χ4n) is 1.77. The number of nitrogens with one attached hydrogen (secondary N) is 1. The fourth-order valence-corrected chi connectivity index (χ4v) is 3.02. The lowest BCUT2D eigenvalue weighted by Gasteiger charge is -2.23. The number of aryl methyl sites for hydroxylation is 2. The Morgan fingerprint density at radius 1 is 1.18 bits per heavy atom. The molecule has 7 nitrogen and oxygen atoms in total. The van der Waals surface area contributed by atoms with Gasteiger partial charge in [0.05, 0.1) is 16.7 Å². The summed E-state index contributed by atoms with van der Waals surface area (Å²) in [7, 11) is -3.91. The van der Waals surface area contributed by atoms with Crippen LogP contribution in [-0.4, -0.2) is 37.1 Å². The molecule has 0 spiro atoms. The molecule has 1 rings (SSSR count). The van der Waals surface area contributed by atoms with E-state index in [0.717, 1.165) is 11.1 Å². The van der Waals surface area contributed by atoms with Crippen molar-refractivity contribution in [2.75, 3.05) is 6.54 Å². The Bertz CT molecular complexity index is 697. The van der Waals surface area contributed by atoms with Gasteiger partial charge in [0.15, 0.2) is 0 Å². The average Bonchev–Trinajstić information content (AvgIpc) is 2.38. The first kappa shape index (κ1) is 18.1. The molecule has 0 fully saturated rings. The number of rotatable bonds is 7.